The van der Waals surface area contributed by atoms with Gasteiger partial charge in [-0.2, -0.15) is 0 Å². The first kappa shape index (κ1) is 15.1. The third-order valence-corrected chi connectivity index (χ3v) is 4.94. The molecule has 2 aliphatic rings. The Morgan fingerprint density at radius 2 is 1.82 bits per heavy atom. The summed E-state index contributed by atoms with van der Waals surface area (Å²) in [6, 6.07) is 8.01. The Bertz CT molecular complexity index is 562. The second-order valence-corrected chi connectivity index (χ2v) is 6.47. The number of amides is 2. The van der Waals surface area contributed by atoms with Crippen LogP contribution in [0.5, 0.6) is 0 Å². The van der Waals surface area contributed by atoms with E-state index in [1.807, 2.05) is 24.3 Å². The van der Waals surface area contributed by atoms with E-state index in [1.165, 1.54) is 25.7 Å². The Morgan fingerprint density at radius 1 is 1.14 bits per heavy atom. The highest BCUT2D eigenvalue weighted by Crippen LogP contribution is 2.35. The van der Waals surface area contributed by atoms with Crippen molar-refractivity contribution in [2.45, 2.75) is 56.9 Å². The van der Waals surface area contributed by atoms with Gasteiger partial charge in [0.15, 0.2) is 0 Å². The van der Waals surface area contributed by atoms with E-state index in [-0.39, 0.29) is 30.2 Å². The fourth-order valence-electron chi connectivity index (χ4n) is 3.60. The van der Waals surface area contributed by atoms with E-state index in [4.69, 9.17) is 0 Å². The summed E-state index contributed by atoms with van der Waals surface area (Å²) in [7, 11) is 1.78. The predicted molar refractivity (Wildman–Crippen MR) is 86.8 cm³/mol. The van der Waals surface area contributed by atoms with Crippen LogP contribution in [0.25, 0.3) is 0 Å². The summed E-state index contributed by atoms with van der Waals surface area (Å²) in [6.45, 7) is 0. The summed E-state index contributed by atoms with van der Waals surface area (Å²) in [5.41, 5.74) is 1.83. The zero-order valence-corrected chi connectivity index (χ0v) is 13.2. The molecule has 0 aromatic heterocycles. The molecule has 0 spiro atoms. The van der Waals surface area contributed by atoms with Crippen molar-refractivity contribution in [3.8, 4) is 0 Å². The van der Waals surface area contributed by atoms with Gasteiger partial charge in [-0.05, 0) is 24.5 Å². The zero-order valence-electron chi connectivity index (χ0n) is 13.2. The highest BCUT2D eigenvalue weighted by atomic mass is 16.2. The van der Waals surface area contributed by atoms with E-state index in [0.717, 1.165) is 24.1 Å². The molecule has 3 rings (SSSR count). The fourth-order valence-corrected chi connectivity index (χ4v) is 3.60. The summed E-state index contributed by atoms with van der Waals surface area (Å²) in [5.74, 6) is -0.316. The van der Waals surface area contributed by atoms with E-state index in [9.17, 15) is 9.59 Å². The molecule has 1 aromatic carbocycles. The molecule has 1 fully saturated rings. The van der Waals surface area contributed by atoms with Crippen LogP contribution in [0.4, 0.5) is 5.69 Å². The van der Waals surface area contributed by atoms with Crippen molar-refractivity contribution < 1.29 is 9.59 Å². The van der Waals surface area contributed by atoms with Crippen LogP contribution < -0.4 is 10.2 Å². The quantitative estimate of drug-likeness (QED) is 0.854. The van der Waals surface area contributed by atoms with Crippen molar-refractivity contribution in [1.82, 2.24) is 5.32 Å². The highest BCUT2D eigenvalue weighted by molar-refractivity contribution is 6.02. The summed E-state index contributed by atoms with van der Waals surface area (Å²) in [6.07, 6.45) is 7.31. The van der Waals surface area contributed by atoms with Crippen LogP contribution in [0.3, 0.4) is 0 Å². The SMILES string of the molecule is CN1C(=O)CC(C(=O)NC2CCCCCC2)c2ccccc21. The normalized spacial score (nSPS) is 22.9. The van der Waals surface area contributed by atoms with Crippen LogP contribution in [0.1, 0.15) is 56.4 Å². The number of carbonyl (C=O) groups excluding carboxylic acids is 2. The standard InChI is InChI=1S/C18H24N2O2/c1-20-16-11-7-6-10-14(16)15(12-17(20)21)18(22)19-13-8-4-2-3-5-9-13/h6-7,10-11,13,15H,2-5,8-9,12H2,1H3,(H,19,22). The number of anilines is 1. The Labute approximate surface area is 131 Å². The lowest BCUT2D eigenvalue weighted by Gasteiger charge is -2.31. The molecule has 0 bridgehead atoms. The Kier molecular flexibility index (Phi) is 4.46. The van der Waals surface area contributed by atoms with E-state index in [1.54, 1.807) is 11.9 Å². The molecular formula is C18H24N2O2. The number of benzene rings is 1. The molecule has 1 aliphatic carbocycles. The second-order valence-electron chi connectivity index (χ2n) is 6.47. The molecule has 118 valence electrons. The van der Waals surface area contributed by atoms with Gasteiger partial charge in [0.1, 0.15) is 0 Å². The van der Waals surface area contributed by atoms with Crippen molar-refractivity contribution >= 4 is 17.5 Å². The summed E-state index contributed by atoms with van der Waals surface area (Å²) < 4.78 is 0. The number of fused-ring (bicyclic) bond motifs is 1. The maximum atomic E-state index is 12.7. The topological polar surface area (TPSA) is 49.4 Å². The molecule has 1 unspecified atom stereocenters. The van der Waals surface area contributed by atoms with Gasteiger partial charge >= 0.3 is 0 Å². The number of hydrogen-bond acceptors (Lipinski definition) is 2. The molecule has 2 amide bonds. The van der Waals surface area contributed by atoms with Crippen molar-refractivity contribution in [1.29, 1.82) is 0 Å². The molecule has 4 nitrogen and oxygen atoms in total. The summed E-state index contributed by atoms with van der Waals surface area (Å²) in [4.78, 5) is 26.5. The van der Waals surface area contributed by atoms with Crippen molar-refractivity contribution in [3.05, 3.63) is 29.8 Å². The van der Waals surface area contributed by atoms with Crippen LogP contribution in [0.15, 0.2) is 24.3 Å². The average molecular weight is 300 g/mol. The van der Waals surface area contributed by atoms with E-state index in [2.05, 4.69) is 5.32 Å². The molecule has 22 heavy (non-hydrogen) atoms. The molecule has 1 aromatic rings. The molecule has 0 radical (unpaired) electrons. The number of hydrogen-bond donors (Lipinski definition) is 1. The van der Waals surface area contributed by atoms with Gasteiger partial charge in [0.05, 0.1) is 5.92 Å². The van der Waals surface area contributed by atoms with Crippen molar-refractivity contribution in [2.75, 3.05) is 11.9 Å². The first-order valence-electron chi connectivity index (χ1n) is 8.32. The third kappa shape index (κ3) is 3.01. The lowest BCUT2D eigenvalue weighted by atomic mass is 9.88. The van der Waals surface area contributed by atoms with Crippen molar-refractivity contribution in [2.24, 2.45) is 0 Å². The van der Waals surface area contributed by atoms with E-state index < -0.39 is 0 Å². The van der Waals surface area contributed by atoms with Crippen molar-refractivity contribution in [3.63, 3.8) is 0 Å². The van der Waals surface area contributed by atoms with Crippen LogP contribution in [-0.4, -0.2) is 24.9 Å². The molecule has 0 saturated heterocycles. The van der Waals surface area contributed by atoms with Gasteiger partial charge in [-0.3, -0.25) is 9.59 Å². The van der Waals surface area contributed by atoms with Crippen LogP contribution in [0, 0.1) is 0 Å². The van der Waals surface area contributed by atoms with Crippen LogP contribution >= 0.6 is 0 Å². The van der Waals surface area contributed by atoms with Crippen LogP contribution in [-0.2, 0) is 9.59 Å². The maximum Gasteiger partial charge on any atom is 0.228 e. The van der Waals surface area contributed by atoms with Gasteiger partial charge in [0, 0.05) is 25.2 Å². The first-order valence-corrected chi connectivity index (χ1v) is 8.32. The Hall–Kier alpha value is -1.84. The van der Waals surface area contributed by atoms with Gasteiger partial charge < -0.3 is 10.2 Å². The van der Waals surface area contributed by atoms with Gasteiger partial charge in [0.25, 0.3) is 0 Å². The molecule has 1 saturated carbocycles. The Balaban J connectivity index is 1.77. The lowest BCUT2D eigenvalue weighted by Crippen LogP contribution is -2.42. The number of para-hydroxylation sites is 1. The summed E-state index contributed by atoms with van der Waals surface area (Å²) >= 11 is 0. The van der Waals surface area contributed by atoms with Gasteiger partial charge in [-0.25, -0.2) is 0 Å². The smallest absolute Gasteiger partial charge is 0.228 e. The van der Waals surface area contributed by atoms with E-state index >= 15 is 0 Å². The maximum absolute atomic E-state index is 12.7. The second kappa shape index (κ2) is 6.51. The molecular weight excluding hydrogens is 276 g/mol. The lowest BCUT2D eigenvalue weighted by molar-refractivity contribution is -0.127. The first-order chi connectivity index (χ1) is 10.7. The van der Waals surface area contributed by atoms with Crippen LogP contribution in [0.2, 0.25) is 0 Å². The molecule has 1 heterocycles. The largest absolute Gasteiger partial charge is 0.353 e. The minimum atomic E-state index is -0.344. The summed E-state index contributed by atoms with van der Waals surface area (Å²) in [5, 5.41) is 3.20. The molecule has 1 aliphatic heterocycles. The zero-order chi connectivity index (χ0) is 15.5. The molecule has 4 heteroatoms. The molecule has 1 atom stereocenters. The number of nitrogens with one attached hydrogen (secondary N) is 1. The third-order valence-electron chi connectivity index (χ3n) is 4.94. The van der Waals surface area contributed by atoms with Gasteiger partial charge in [-0.15, -0.1) is 0 Å². The minimum absolute atomic E-state index is 0.0136. The number of carbonyl (C=O) groups is 2. The Morgan fingerprint density at radius 3 is 2.55 bits per heavy atom. The van der Waals surface area contributed by atoms with Gasteiger partial charge in [0.2, 0.25) is 11.8 Å². The fraction of sp³-hybridized carbons (Fsp3) is 0.556. The van der Waals surface area contributed by atoms with E-state index in [0.29, 0.717) is 0 Å². The monoisotopic (exact) mass is 300 g/mol. The molecule has 1 N–H and O–H groups in total. The predicted octanol–water partition coefficient (Wildman–Crippen LogP) is 2.98. The number of rotatable bonds is 2. The average Bonchev–Trinajstić information content (AvgIpc) is 2.79. The minimum Gasteiger partial charge on any atom is -0.353 e. The highest BCUT2D eigenvalue weighted by Gasteiger charge is 2.34. The number of nitrogens with zero attached hydrogens (tertiary/aromatic N) is 1. The van der Waals surface area contributed by atoms with Gasteiger partial charge in [-0.1, -0.05) is 43.9 Å².